The van der Waals surface area contributed by atoms with Crippen LogP contribution >= 0.6 is 0 Å². The van der Waals surface area contributed by atoms with Crippen LogP contribution in [0, 0.1) is 0 Å². The molecule has 1 aliphatic carbocycles. The Morgan fingerprint density at radius 2 is 2.30 bits per heavy atom. The van der Waals surface area contributed by atoms with Crippen LogP contribution in [0.4, 0.5) is 4.79 Å². The smallest absolute Gasteiger partial charge is 0.407 e. The van der Waals surface area contributed by atoms with Gasteiger partial charge in [-0.1, -0.05) is 5.21 Å². The molecule has 2 atom stereocenters. The highest BCUT2D eigenvalue weighted by Gasteiger charge is 2.35. The summed E-state index contributed by atoms with van der Waals surface area (Å²) in [6.45, 7) is 6.10. The molecule has 0 aromatic carbocycles. The summed E-state index contributed by atoms with van der Waals surface area (Å²) in [5.41, 5.74) is 5.90. The zero-order valence-electron chi connectivity index (χ0n) is 12.3. The van der Waals surface area contributed by atoms with Crippen LogP contribution in [0.5, 0.6) is 0 Å². The second-order valence-electron chi connectivity index (χ2n) is 6.13. The van der Waals surface area contributed by atoms with Crippen LogP contribution in [-0.2, 0) is 11.2 Å². The number of ether oxygens (including phenoxy) is 1. The highest BCUT2D eigenvalue weighted by Crippen LogP contribution is 2.31. The van der Waals surface area contributed by atoms with Crippen LogP contribution in [-0.4, -0.2) is 39.3 Å². The minimum absolute atomic E-state index is 0.0530. The molecule has 1 aromatic rings. The Bertz CT molecular complexity index is 466. The molecule has 3 N–H and O–H groups in total. The molecule has 1 saturated carbocycles. The number of hydrogen-bond acceptors (Lipinski definition) is 5. The van der Waals surface area contributed by atoms with Crippen LogP contribution in [0.1, 0.15) is 45.3 Å². The highest BCUT2D eigenvalue weighted by atomic mass is 16.6. The van der Waals surface area contributed by atoms with Crippen LogP contribution < -0.4 is 11.1 Å². The maximum absolute atomic E-state index is 11.8. The van der Waals surface area contributed by atoms with E-state index in [9.17, 15) is 4.79 Å². The first-order chi connectivity index (χ1) is 9.39. The summed E-state index contributed by atoms with van der Waals surface area (Å²) >= 11 is 0. The van der Waals surface area contributed by atoms with Gasteiger partial charge in [-0.25, -0.2) is 9.48 Å². The Kier molecular flexibility index (Phi) is 4.27. The number of nitrogens with two attached hydrogens (primary N) is 1. The molecule has 20 heavy (non-hydrogen) atoms. The van der Waals surface area contributed by atoms with Crippen molar-refractivity contribution < 1.29 is 9.53 Å². The Labute approximate surface area is 118 Å². The van der Waals surface area contributed by atoms with E-state index < -0.39 is 5.60 Å². The normalized spacial score (nSPS) is 22.2. The van der Waals surface area contributed by atoms with Gasteiger partial charge in [-0.15, -0.1) is 5.10 Å². The number of nitrogens with zero attached hydrogens (tertiary/aromatic N) is 3. The van der Waals surface area contributed by atoms with E-state index in [1.807, 2.05) is 31.6 Å². The monoisotopic (exact) mass is 281 g/mol. The minimum Gasteiger partial charge on any atom is -0.444 e. The fourth-order valence-electron chi connectivity index (χ4n) is 2.16. The topological polar surface area (TPSA) is 95.1 Å². The third kappa shape index (κ3) is 3.69. The van der Waals surface area contributed by atoms with Crippen LogP contribution in [0.15, 0.2) is 6.20 Å². The molecule has 2 unspecified atom stereocenters. The summed E-state index contributed by atoms with van der Waals surface area (Å²) in [5, 5.41) is 11.1. The van der Waals surface area contributed by atoms with E-state index in [0.717, 1.165) is 25.0 Å². The average Bonchev–Trinajstić information content (AvgIpc) is 2.71. The molecule has 0 aliphatic heterocycles. The first-order valence-electron chi connectivity index (χ1n) is 6.99. The Morgan fingerprint density at radius 1 is 1.55 bits per heavy atom. The summed E-state index contributed by atoms with van der Waals surface area (Å²) in [5.74, 6) is 0. The number of hydrogen-bond donors (Lipinski definition) is 2. The van der Waals surface area contributed by atoms with E-state index in [1.165, 1.54) is 0 Å². The van der Waals surface area contributed by atoms with Gasteiger partial charge in [-0.2, -0.15) is 0 Å². The molecule has 7 heteroatoms. The summed E-state index contributed by atoms with van der Waals surface area (Å²) in [6.07, 6.45) is 4.15. The first kappa shape index (κ1) is 14.8. The van der Waals surface area contributed by atoms with Gasteiger partial charge in [0.25, 0.3) is 0 Å². The SMILES string of the molecule is CC(C)(C)OC(=O)NC1CCC1n1cc(CCN)nn1. The number of amides is 1. The first-order valence-corrected chi connectivity index (χ1v) is 6.99. The van der Waals surface area contributed by atoms with Gasteiger partial charge in [0.15, 0.2) is 0 Å². The third-order valence-electron chi connectivity index (χ3n) is 3.24. The quantitative estimate of drug-likeness (QED) is 0.858. The van der Waals surface area contributed by atoms with E-state index >= 15 is 0 Å². The van der Waals surface area contributed by atoms with Crippen LogP contribution in [0.3, 0.4) is 0 Å². The molecule has 1 aliphatic rings. The van der Waals surface area contributed by atoms with Crippen molar-refractivity contribution >= 4 is 6.09 Å². The summed E-state index contributed by atoms with van der Waals surface area (Å²) in [6, 6.07) is 0.207. The van der Waals surface area contributed by atoms with E-state index in [-0.39, 0.29) is 18.2 Å². The summed E-state index contributed by atoms with van der Waals surface area (Å²) in [7, 11) is 0. The summed E-state index contributed by atoms with van der Waals surface area (Å²) in [4.78, 5) is 11.8. The van der Waals surface area contributed by atoms with E-state index in [4.69, 9.17) is 10.5 Å². The van der Waals surface area contributed by atoms with Gasteiger partial charge >= 0.3 is 6.09 Å². The van der Waals surface area contributed by atoms with Crippen molar-refractivity contribution in [2.75, 3.05) is 6.54 Å². The fourth-order valence-corrected chi connectivity index (χ4v) is 2.16. The largest absolute Gasteiger partial charge is 0.444 e. The number of carbonyl (C=O) groups is 1. The lowest BCUT2D eigenvalue weighted by Gasteiger charge is -2.37. The lowest BCUT2D eigenvalue weighted by molar-refractivity contribution is 0.0436. The lowest BCUT2D eigenvalue weighted by atomic mass is 9.86. The molecular weight excluding hydrogens is 258 g/mol. The van der Waals surface area contributed by atoms with Gasteiger partial charge in [-0.3, -0.25) is 0 Å². The van der Waals surface area contributed by atoms with E-state index in [2.05, 4.69) is 15.6 Å². The van der Waals surface area contributed by atoms with Gasteiger partial charge in [0.2, 0.25) is 0 Å². The third-order valence-corrected chi connectivity index (χ3v) is 3.24. The van der Waals surface area contributed by atoms with Gasteiger partial charge in [0, 0.05) is 12.6 Å². The zero-order valence-corrected chi connectivity index (χ0v) is 12.3. The van der Waals surface area contributed by atoms with Crippen molar-refractivity contribution in [3.8, 4) is 0 Å². The number of alkyl carbamates (subject to hydrolysis) is 1. The standard InChI is InChI=1S/C13H23N5O2/c1-13(2,3)20-12(19)15-10-4-5-11(10)18-8-9(6-7-14)16-17-18/h8,10-11H,4-7,14H2,1-3H3,(H,15,19). The molecule has 112 valence electrons. The van der Waals surface area contributed by atoms with Crippen molar-refractivity contribution in [1.82, 2.24) is 20.3 Å². The van der Waals surface area contributed by atoms with Crippen molar-refractivity contribution in [3.63, 3.8) is 0 Å². The number of nitrogens with one attached hydrogen (secondary N) is 1. The predicted molar refractivity (Wildman–Crippen MR) is 74.2 cm³/mol. The molecular formula is C13H23N5O2. The molecule has 1 fully saturated rings. The van der Waals surface area contributed by atoms with Crippen molar-refractivity contribution in [3.05, 3.63) is 11.9 Å². The Morgan fingerprint density at radius 3 is 2.85 bits per heavy atom. The number of rotatable bonds is 4. The van der Waals surface area contributed by atoms with Gasteiger partial charge in [-0.05, 0) is 40.2 Å². The molecule has 0 bridgehead atoms. The van der Waals surface area contributed by atoms with Gasteiger partial charge < -0.3 is 15.8 Å². The van der Waals surface area contributed by atoms with Crippen LogP contribution in [0.2, 0.25) is 0 Å². The molecule has 1 amide bonds. The maximum Gasteiger partial charge on any atom is 0.407 e. The van der Waals surface area contributed by atoms with E-state index in [1.54, 1.807) is 0 Å². The molecule has 1 heterocycles. The van der Waals surface area contributed by atoms with Crippen molar-refractivity contribution in [1.29, 1.82) is 0 Å². The van der Waals surface area contributed by atoms with E-state index in [0.29, 0.717) is 6.54 Å². The molecule has 2 rings (SSSR count). The highest BCUT2D eigenvalue weighted by molar-refractivity contribution is 5.68. The fraction of sp³-hybridized carbons (Fsp3) is 0.769. The van der Waals surface area contributed by atoms with Crippen molar-refractivity contribution in [2.24, 2.45) is 5.73 Å². The average molecular weight is 281 g/mol. The maximum atomic E-state index is 11.8. The zero-order chi connectivity index (χ0) is 14.8. The van der Waals surface area contributed by atoms with Gasteiger partial charge in [0.05, 0.1) is 17.8 Å². The predicted octanol–water partition coefficient (Wildman–Crippen LogP) is 1.01. The molecule has 1 aromatic heterocycles. The van der Waals surface area contributed by atoms with Gasteiger partial charge in [0.1, 0.15) is 5.60 Å². The number of aromatic nitrogens is 3. The van der Waals surface area contributed by atoms with Crippen LogP contribution in [0.25, 0.3) is 0 Å². The molecule has 7 nitrogen and oxygen atoms in total. The van der Waals surface area contributed by atoms with Crippen molar-refractivity contribution in [2.45, 2.75) is 57.7 Å². The minimum atomic E-state index is -0.481. The Balaban J connectivity index is 1.89. The lowest BCUT2D eigenvalue weighted by Crippen LogP contribution is -2.49. The molecule has 0 spiro atoms. The second-order valence-corrected chi connectivity index (χ2v) is 6.13. The second kappa shape index (κ2) is 5.78. The molecule has 0 radical (unpaired) electrons. The number of carbonyl (C=O) groups excluding carboxylic acids is 1. The molecule has 0 saturated heterocycles. The Hall–Kier alpha value is -1.63. The summed E-state index contributed by atoms with van der Waals surface area (Å²) < 4.78 is 7.08.